The second-order valence-electron chi connectivity index (χ2n) is 12.6. The van der Waals surface area contributed by atoms with Crippen molar-refractivity contribution in [1.82, 2.24) is 19.8 Å². The van der Waals surface area contributed by atoms with Crippen LogP contribution < -0.4 is 16.2 Å². The Morgan fingerprint density at radius 3 is 2.44 bits per heavy atom. The van der Waals surface area contributed by atoms with E-state index in [0.717, 1.165) is 21.9 Å². The van der Waals surface area contributed by atoms with Crippen molar-refractivity contribution in [3.8, 4) is 6.07 Å². The zero-order chi connectivity index (χ0) is 36.4. The number of imidazole rings is 1. The highest BCUT2D eigenvalue weighted by Gasteiger charge is 2.35. The van der Waals surface area contributed by atoms with Gasteiger partial charge < -0.3 is 20.7 Å². The highest BCUT2D eigenvalue weighted by Crippen LogP contribution is 2.22. The van der Waals surface area contributed by atoms with E-state index in [1.807, 2.05) is 73.0 Å². The van der Waals surface area contributed by atoms with Gasteiger partial charge in [0.15, 0.2) is 5.78 Å². The number of hydrogen-bond acceptors (Lipinski definition) is 9. The Morgan fingerprint density at radius 2 is 1.78 bits per heavy atom. The number of carbonyl (C=O) groups is 3. The Balaban J connectivity index is 1.58. The molecule has 0 spiro atoms. The normalized spacial score (nSPS) is 14.1. The Morgan fingerprint density at radius 1 is 1.08 bits per heavy atom. The number of carboxylic acid groups (broad SMARTS) is 1. The fourth-order valence-corrected chi connectivity index (χ4v) is 6.75. The first-order valence-corrected chi connectivity index (χ1v) is 17.9. The topological polar surface area (TPSA) is 214 Å². The average molecular weight is 702 g/mol. The van der Waals surface area contributed by atoms with Gasteiger partial charge in [-0.3, -0.25) is 19.3 Å². The van der Waals surface area contributed by atoms with Gasteiger partial charge in [0, 0.05) is 37.6 Å². The Hall–Kier alpha value is -4.94. The van der Waals surface area contributed by atoms with E-state index in [9.17, 15) is 27.9 Å². The van der Waals surface area contributed by atoms with E-state index in [0.29, 0.717) is 24.2 Å². The summed E-state index contributed by atoms with van der Waals surface area (Å²) in [6.45, 7) is 4.47. The van der Waals surface area contributed by atoms with Crippen LogP contribution in [0, 0.1) is 17.2 Å². The third-order valence-corrected chi connectivity index (χ3v) is 10.2. The molecule has 0 saturated carbocycles. The van der Waals surface area contributed by atoms with Gasteiger partial charge in [-0.05, 0) is 46.4 Å². The Labute approximate surface area is 291 Å². The third kappa shape index (κ3) is 10.3. The van der Waals surface area contributed by atoms with Crippen molar-refractivity contribution < 1.29 is 27.9 Å². The number of nitrogens with one attached hydrogen (secondary N) is 1. The first-order valence-electron chi connectivity index (χ1n) is 16.3. The minimum absolute atomic E-state index is 0.0338. The number of aliphatic carboxylic acids is 1. The van der Waals surface area contributed by atoms with E-state index in [2.05, 4.69) is 16.4 Å². The van der Waals surface area contributed by atoms with E-state index < -0.39 is 45.5 Å². The van der Waals surface area contributed by atoms with Crippen LogP contribution in [-0.2, 0) is 43.9 Å². The van der Waals surface area contributed by atoms with Crippen LogP contribution in [0.3, 0.4) is 0 Å². The molecule has 0 radical (unpaired) electrons. The molecule has 4 rings (SSSR count). The number of nitriles is 1. The average Bonchev–Trinajstić information content (AvgIpc) is 3.51. The minimum atomic E-state index is -4.49. The van der Waals surface area contributed by atoms with Crippen molar-refractivity contribution in [2.45, 2.75) is 63.5 Å². The maximum atomic E-state index is 13.6. The molecule has 0 bridgehead atoms. The summed E-state index contributed by atoms with van der Waals surface area (Å²) in [5.74, 6) is -2.53. The fraction of sp³-hybridized carbons (Fsp3) is 0.361. The molecule has 3 aromatic carbocycles. The molecule has 0 fully saturated rings. The van der Waals surface area contributed by atoms with E-state index in [1.165, 1.54) is 0 Å². The van der Waals surface area contributed by atoms with Crippen molar-refractivity contribution in [1.29, 1.82) is 5.26 Å². The summed E-state index contributed by atoms with van der Waals surface area (Å²) in [6.07, 6.45) is 3.33. The molecule has 1 heterocycles. The van der Waals surface area contributed by atoms with Crippen molar-refractivity contribution in [3.63, 3.8) is 0 Å². The zero-order valence-corrected chi connectivity index (χ0v) is 28.9. The van der Waals surface area contributed by atoms with Gasteiger partial charge in [-0.1, -0.05) is 74.9 Å². The lowest BCUT2D eigenvalue weighted by molar-refractivity contribution is -0.138. The summed E-state index contributed by atoms with van der Waals surface area (Å²) in [5, 5.41) is 27.1. The molecule has 50 heavy (non-hydrogen) atoms. The molecule has 1 aromatic heterocycles. The van der Waals surface area contributed by atoms with Crippen molar-refractivity contribution in [2.24, 2.45) is 16.8 Å². The van der Waals surface area contributed by atoms with Gasteiger partial charge in [0.1, 0.15) is 11.3 Å². The first kappa shape index (κ1) is 37.9. The van der Waals surface area contributed by atoms with Gasteiger partial charge in [0.05, 0.1) is 30.9 Å². The Bertz CT molecular complexity index is 1950. The number of hydrogen-bond donors (Lipinski definition) is 4. The van der Waals surface area contributed by atoms with E-state index in [-0.39, 0.29) is 37.9 Å². The maximum absolute atomic E-state index is 13.6. The number of carbonyl (C=O) groups excluding carboxylic acids is 2. The number of fused-ring (bicyclic) bond motifs is 1. The smallest absolute Gasteiger partial charge is 0.320 e. The molecule has 4 atom stereocenters. The van der Waals surface area contributed by atoms with Crippen LogP contribution in [0.4, 0.5) is 0 Å². The van der Waals surface area contributed by atoms with Crippen LogP contribution in [0.15, 0.2) is 79.3 Å². The molecule has 0 saturated heterocycles. The van der Waals surface area contributed by atoms with Crippen LogP contribution in [0.25, 0.3) is 10.8 Å². The highest BCUT2D eigenvalue weighted by molar-refractivity contribution is 7.90. The Kier molecular flexibility index (Phi) is 13.0. The van der Waals surface area contributed by atoms with E-state index in [1.54, 1.807) is 29.6 Å². The van der Waals surface area contributed by atoms with Crippen LogP contribution in [0.5, 0.6) is 0 Å². The molecule has 14 heteroatoms. The van der Waals surface area contributed by atoms with Gasteiger partial charge in [-0.25, -0.2) is 18.5 Å². The number of primary sulfonamides is 1. The molecule has 264 valence electrons. The zero-order valence-electron chi connectivity index (χ0n) is 28.1. The number of Topliss-reactive ketones (excluding diaryl/α,β-unsaturated/α-hetero) is 1. The SMILES string of the molecule is CCC(C)C(CN(CC(=O)C(CC(N)C(=O)O)S(N)(=O)=O)Cc1cccc2ccccc12)NC(=O)Cc1cncn1Cc1ccc(C#N)cc1. The largest absolute Gasteiger partial charge is 0.480 e. The summed E-state index contributed by atoms with van der Waals surface area (Å²) in [7, 11) is -4.49. The van der Waals surface area contributed by atoms with Crippen LogP contribution >= 0.6 is 0 Å². The molecule has 4 unspecified atom stereocenters. The molecule has 1 amide bonds. The number of carboxylic acids is 1. The fourth-order valence-electron chi connectivity index (χ4n) is 5.83. The number of amides is 1. The van der Waals surface area contributed by atoms with E-state index >= 15 is 0 Å². The number of benzene rings is 3. The molecule has 0 aliphatic heterocycles. The van der Waals surface area contributed by atoms with Crippen molar-refractivity contribution in [3.05, 3.63) is 102 Å². The van der Waals surface area contributed by atoms with E-state index in [4.69, 9.17) is 16.1 Å². The summed E-state index contributed by atoms with van der Waals surface area (Å²) < 4.78 is 26.9. The number of rotatable bonds is 18. The molecule has 0 aliphatic rings. The molecule has 0 aliphatic carbocycles. The predicted octanol–water partition coefficient (Wildman–Crippen LogP) is 2.56. The molecule has 4 aromatic rings. The van der Waals surface area contributed by atoms with Crippen molar-refractivity contribution in [2.75, 3.05) is 13.1 Å². The van der Waals surface area contributed by atoms with Gasteiger partial charge in [-0.15, -0.1) is 0 Å². The molecule has 13 nitrogen and oxygen atoms in total. The second kappa shape index (κ2) is 17.1. The molecule has 6 N–H and O–H groups in total. The lowest BCUT2D eigenvalue weighted by Gasteiger charge is -2.32. The quantitative estimate of drug-likeness (QED) is 0.119. The summed E-state index contributed by atoms with van der Waals surface area (Å²) in [6, 6.07) is 20.7. The lowest BCUT2D eigenvalue weighted by atomic mass is 9.97. The monoisotopic (exact) mass is 701 g/mol. The summed E-state index contributed by atoms with van der Waals surface area (Å²) in [5.41, 5.74) is 8.69. The maximum Gasteiger partial charge on any atom is 0.320 e. The number of ketones is 1. The lowest BCUT2D eigenvalue weighted by Crippen LogP contribution is -2.51. The second-order valence-corrected chi connectivity index (χ2v) is 14.3. The van der Waals surface area contributed by atoms with Crippen molar-refractivity contribution >= 4 is 38.5 Å². The first-order chi connectivity index (χ1) is 23.8. The highest BCUT2D eigenvalue weighted by atomic mass is 32.2. The molecular weight excluding hydrogens is 659 g/mol. The number of sulfonamides is 1. The summed E-state index contributed by atoms with van der Waals surface area (Å²) in [4.78, 5) is 44.6. The van der Waals surface area contributed by atoms with Gasteiger partial charge in [-0.2, -0.15) is 5.26 Å². The number of aromatic nitrogens is 2. The number of nitrogens with two attached hydrogens (primary N) is 2. The standard InChI is InChI=1S/C36H43N7O6S/c1-3-24(2)32(41-35(45)15-29-18-40-23-43(29)19-26-13-11-25(17-37)12-14-26)21-42(20-28-9-6-8-27-7-4-5-10-30(27)28)22-33(44)34(50(39,48)49)16-31(38)36(46)47/h4-14,18,23-24,31-32,34H,3,15-16,19-22,38H2,1-2H3,(H,41,45)(H,46,47)(H2,39,48,49). The van der Waals surface area contributed by atoms with Crippen LogP contribution in [-0.4, -0.2) is 76.1 Å². The van der Waals surface area contributed by atoms with Crippen LogP contribution in [0.2, 0.25) is 0 Å². The molecular formula is C36H43N7O6S. The van der Waals surface area contributed by atoms with Gasteiger partial charge in [0.25, 0.3) is 0 Å². The third-order valence-electron chi connectivity index (χ3n) is 8.90. The van der Waals surface area contributed by atoms with Crippen LogP contribution in [0.1, 0.15) is 49.1 Å². The predicted molar refractivity (Wildman–Crippen MR) is 189 cm³/mol. The van der Waals surface area contributed by atoms with Gasteiger partial charge in [0.2, 0.25) is 15.9 Å². The van der Waals surface area contributed by atoms with Gasteiger partial charge >= 0.3 is 5.97 Å². The summed E-state index contributed by atoms with van der Waals surface area (Å²) >= 11 is 0. The number of nitrogens with zero attached hydrogens (tertiary/aromatic N) is 4. The minimum Gasteiger partial charge on any atom is -0.480 e.